The van der Waals surface area contributed by atoms with Crippen LogP contribution in [0.15, 0.2) is 36.4 Å². The van der Waals surface area contributed by atoms with Gasteiger partial charge in [-0.2, -0.15) is 0 Å². The molecular weight excluding hydrogens is 291 g/mol. The molecule has 0 fully saturated rings. The summed E-state index contributed by atoms with van der Waals surface area (Å²) < 4.78 is 5.79. The van der Waals surface area contributed by atoms with E-state index in [1.165, 1.54) is 10.8 Å². The molecule has 3 nitrogen and oxygen atoms in total. The fraction of sp³-hybridized carbons (Fsp3) is 0.353. The van der Waals surface area contributed by atoms with Gasteiger partial charge in [-0.25, -0.2) is 0 Å². The van der Waals surface area contributed by atoms with Crippen molar-refractivity contribution in [2.45, 2.75) is 32.6 Å². The van der Waals surface area contributed by atoms with Crippen molar-refractivity contribution in [1.82, 2.24) is 0 Å². The Morgan fingerprint density at radius 3 is 2.43 bits per heavy atom. The molecule has 0 heterocycles. The van der Waals surface area contributed by atoms with E-state index in [9.17, 15) is 9.90 Å². The number of benzene rings is 2. The molecule has 0 atom stereocenters. The van der Waals surface area contributed by atoms with Crippen molar-refractivity contribution < 1.29 is 66.0 Å². The molecule has 0 saturated carbocycles. The summed E-state index contributed by atoms with van der Waals surface area (Å²) in [7, 11) is 0. The van der Waals surface area contributed by atoms with Crippen molar-refractivity contribution in [3.8, 4) is 5.75 Å². The maximum Gasteiger partial charge on any atom is 1.00 e. The Bertz CT molecular complexity index is 596. The normalized spacial score (nSPS) is 10.1. The first-order valence-corrected chi connectivity index (χ1v) is 6.99. The van der Waals surface area contributed by atoms with E-state index in [0.29, 0.717) is 13.0 Å². The van der Waals surface area contributed by atoms with E-state index in [4.69, 9.17) is 4.74 Å². The minimum absolute atomic E-state index is 0. The molecular formula is C17H19KO3. The molecule has 0 bridgehead atoms. The van der Waals surface area contributed by atoms with Crippen LogP contribution in [0.2, 0.25) is 0 Å². The Hall–Kier alpha value is -0.394. The number of carbonyl (C=O) groups excluding carboxylic acids is 1. The summed E-state index contributed by atoms with van der Waals surface area (Å²) in [5, 5.41) is 12.7. The van der Waals surface area contributed by atoms with Crippen molar-refractivity contribution >= 4 is 16.7 Å². The van der Waals surface area contributed by atoms with Crippen LogP contribution in [-0.4, -0.2) is 12.6 Å². The summed E-state index contributed by atoms with van der Waals surface area (Å²) in [5.74, 6) is -0.0695. The number of aryl methyl sites for hydroxylation is 1. The first-order valence-electron chi connectivity index (χ1n) is 6.99. The van der Waals surface area contributed by atoms with Gasteiger partial charge >= 0.3 is 51.4 Å². The summed E-state index contributed by atoms with van der Waals surface area (Å²) in [6.45, 7) is 2.66. The minimum atomic E-state index is -0.976. The van der Waals surface area contributed by atoms with E-state index in [1.807, 2.05) is 19.1 Å². The van der Waals surface area contributed by atoms with Crippen LogP contribution in [0.3, 0.4) is 0 Å². The van der Waals surface area contributed by atoms with E-state index >= 15 is 0 Å². The third-order valence-corrected chi connectivity index (χ3v) is 3.33. The topological polar surface area (TPSA) is 49.4 Å². The van der Waals surface area contributed by atoms with Gasteiger partial charge in [0.05, 0.1) is 6.61 Å². The maximum atomic E-state index is 10.3. The zero-order valence-corrected chi connectivity index (χ0v) is 15.8. The number of carboxylic acid groups (broad SMARTS) is 1. The van der Waals surface area contributed by atoms with Crippen LogP contribution in [0, 0.1) is 6.92 Å². The van der Waals surface area contributed by atoms with Crippen LogP contribution in [-0.2, 0) is 4.79 Å². The third-order valence-electron chi connectivity index (χ3n) is 3.33. The summed E-state index contributed by atoms with van der Waals surface area (Å²) in [6, 6.07) is 12.4. The van der Waals surface area contributed by atoms with Gasteiger partial charge in [-0.3, -0.25) is 0 Å². The number of rotatable bonds is 7. The zero-order valence-electron chi connectivity index (χ0n) is 12.7. The number of fused-ring (bicyclic) bond motifs is 1. The first-order chi connectivity index (χ1) is 9.66. The van der Waals surface area contributed by atoms with Crippen molar-refractivity contribution in [2.24, 2.45) is 0 Å². The Morgan fingerprint density at radius 2 is 1.76 bits per heavy atom. The van der Waals surface area contributed by atoms with Gasteiger partial charge in [-0.1, -0.05) is 24.3 Å². The van der Waals surface area contributed by atoms with Gasteiger partial charge in [-0.15, -0.1) is 0 Å². The van der Waals surface area contributed by atoms with Crippen LogP contribution in [0.25, 0.3) is 10.8 Å². The molecule has 4 heteroatoms. The van der Waals surface area contributed by atoms with E-state index in [1.54, 1.807) is 0 Å². The van der Waals surface area contributed by atoms with Crippen molar-refractivity contribution in [3.05, 3.63) is 42.0 Å². The van der Waals surface area contributed by atoms with Crippen LogP contribution in [0.4, 0.5) is 0 Å². The molecule has 21 heavy (non-hydrogen) atoms. The SMILES string of the molecule is Cc1cc2ccccc2cc1OCCCCCC(=O)[O-].[K+]. The van der Waals surface area contributed by atoms with E-state index in [-0.39, 0.29) is 57.8 Å². The number of hydrogen-bond donors (Lipinski definition) is 0. The predicted molar refractivity (Wildman–Crippen MR) is 77.7 cm³/mol. The van der Waals surface area contributed by atoms with Crippen LogP contribution in [0.1, 0.15) is 31.2 Å². The minimum Gasteiger partial charge on any atom is -0.550 e. The number of aliphatic carboxylic acids is 1. The summed E-state index contributed by atoms with van der Waals surface area (Å²) >= 11 is 0. The van der Waals surface area contributed by atoms with Crippen molar-refractivity contribution in [3.63, 3.8) is 0 Å². The van der Waals surface area contributed by atoms with E-state index in [0.717, 1.165) is 24.2 Å². The first kappa shape index (κ1) is 18.7. The van der Waals surface area contributed by atoms with Gasteiger partial charge in [0.2, 0.25) is 0 Å². The molecule has 0 amide bonds. The number of ether oxygens (including phenoxy) is 1. The van der Waals surface area contributed by atoms with Crippen molar-refractivity contribution in [2.75, 3.05) is 6.61 Å². The third kappa shape index (κ3) is 6.08. The molecule has 2 aromatic rings. The number of unbranched alkanes of at least 4 members (excludes halogenated alkanes) is 2. The fourth-order valence-electron chi connectivity index (χ4n) is 2.22. The zero-order chi connectivity index (χ0) is 14.4. The quantitative estimate of drug-likeness (QED) is 0.527. The molecule has 0 aliphatic heterocycles. The second-order valence-corrected chi connectivity index (χ2v) is 5.00. The largest absolute Gasteiger partial charge is 1.00 e. The van der Waals surface area contributed by atoms with Gasteiger partial charge in [0.1, 0.15) is 5.75 Å². The smallest absolute Gasteiger partial charge is 0.550 e. The van der Waals surface area contributed by atoms with Gasteiger partial charge in [0, 0.05) is 5.97 Å². The Kier molecular flexibility index (Phi) is 8.52. The Labute approximate surface area is 168 Å². The van der Waals surface area contributed by atoms with Crippen molar-refractivity contribution in [1.29, 1.82) is 0 Å². The number of carbonyl (C=O) groups is 1. The van der Waals surface area contributed by atoms with E-state index < -0.39 is 5.97 Å². The van der Waals surface area contributed by atoms with Crippen LogP contribution < -0.4 is 61.2 Å². The fourth-order valence-corrected chi connectivity index (χ4v) is 2.22. The monoisotopic (exact) mass is 310 g/mol. The summed E-state index contributed by atoms with van der Waals surface area (Å²) in [5.41, 5.74) is 1.12. The number of hydrogen-bond acceptors (Lipinski definition) is 3. The molecule has 0 N–H and O–H groups in total. The standard InChI is InChI=1S/C17H20O3.K/c1-13-11-14-7-4-5-8-15(14)12-16(13)20-10-6-2-3-9-17(18)19;/h4-5,7-8,11-12H,2-3,6,9-10H2,1H3,(H,18,19);/q;+1/p-1. The molecule has 2 rings (SSSR count). The summed E-state index contributed by atoms with van der Waals surface area (Å²) in [6.07, 6.45) is 2.50. The second-order valence-electron chi connectivity index (χ2n) is 5.00. The molecule has 0 aliphatic carbocycles. The average molecular weight is 310 g/mol. The molecule has 0 radical (unpaired) electrons. The number of carboxylic acids is 1. The molecule has 0 aliphatic rings. The Morgan fingerprint density at radius 1 is 1.10 bits per heavy atom. The molecule has 0 unspecified atom stereocenters. The van der Waals surface area contributed by atoms with Crippen LogP contribution >= 0.6 is 0 Å². The average Bonchev–Trinajstić information content (AvgIpc) is 2.42. The molecule has 0 saturated heterocycles. The molecule has 0 spiro atoms. The maximum absolute atomic E-state index is 10.3. The van der Waals surface area contributed by atoms with Gasteiger partial charge in [-0.05, 0) is 61.1 Å². The Balaban J connectivity index is 0.00000220. The van der Waals surface area contributed by atoms with Gasteiger partial charge in [0.25, 0.3) is 0 Å². The summed E-state index contributed by atoms with van der Waals surface area (Å²) in [4.78, 5) is 10.3. The van der Waals surface area contributed by atoms with Crippen LogP contribution in [0.5, 0.6) is 5.75 Å². The second kappa shape index (κ2) is 9.59. The van der Waals surface area contributed by atoms with E-state index in [2.05, 4.69) is 24.3 Å². The molecule has 106 valence electrons. The predicted octanol–water partition coefficient (Wildman–Crippen LogP) is -0.159. The molecule has 0 aromatic heterocycles. The van der Waals surface area contributed by atoms with Gasteiger partial charge in [0.15, 0.2) is 0 Å². The molecule has 2 aromatic carbocycles. The van der Waals surface area contributed by atoms with Gasteiger partial charge < -0.3 is 14.6 Å².